The maximum Gasteiger partial charge on any atom is 0.247 e. The highest BCUT2D eigenvalue weighted by molar-refractivity contribution is 5.68. The average molecular weight is 431 g/mol. The van der Waals surface area contributed by atoms with Gasteiger partial charge in [0.1, 0.15) is 25.6 Å². The Morgan fingerprint density at radius 1 is 1.03 bits per heavy atom. The van der Waals surface area contributed by atoms with Crippen LogP contribution in [-0.4, -0.2) is 48.0 Å². The third kappa shape index (κ3) is 4.04. The maximum atomic E-state index is 5.79. The molecule has 0 bridgehead atoms. The van der Waals surface area contributed by atoms with Gasteiger partial charge in [-0.2, -0.15) is 4.98 Å². The topological polar surface area (TPSA) is 81.9 Å². The summed E-state index contributed by atoms with van der Waals surface area (Å²) < 4.78 is 19.0. The number of aryl methyl sites for hydroxylation is 1. The number of anilines is 2. The molecular weight excluding hydrogens is 406 g/mol. The number of likely N-dealkylation sites (N-methyl/N-ethyl adjacent to an activating group) is 1. The van der Waals surface area contributed by atoms with Crippen LogP contribution in [0.1, 0.15) is 5.56 Å². The second kappa shape index (κ2) is 8.76. The standard InChI is InChI=1S/C24H25N5O3/c1-16-14-18(7-9-20(16)30-11-10-25-2)26-24-27-23-5-3-4-19(29(23)28-24)17-6-8-21-22(15-17)32-13-12-31-21/h3-9,14-15,25H,10-13H2,1-2H3,(H,26,28). The molecule has 0 spiro atoms. The Morgan fingerprint density at radius 2 is 1.91 bits per heavy atom. The molecule has 32 heavy (non-hydrogen) atoms. The van der Waals surface area contributed by atoms with Crippen LogP contribution >= 0.6 is 0 Å². The summed E-state index contributed by atoms with van der Waals surface area (Å²) in [6, 6.07) is 17.8. The van der Waals surface area contributed by atoms with E-state index < -0.39 is 0 Å². The number of ether oxygens (including phenoxy) is 3. The Morgan fingerprint density at radius 3 is 2.75 bits per heavy atom. The van der Waals surface area contributed by atoms with Gasteiger partial charge < -0.3 is 24.8 Å². The van der Waals surface area contributed by atoms with E-state index in [0.717, 1.165) is 51.9 Å². The molecule has 0 saturated carbocycles. The first-order valence-corrected chi connectivity index (χ1v) is 10.6. The molecule has 0 atom stereocenters. The van der Waals surface area contributed by atoms with Gasteiger partial charge in [0.05, 0.1) is 5.69 Å². The zero-order valence-electron chi connectivity index (χ0n) is 18.1. The van der Waals surface area contributed by atoms with Gasteiger partial charge in [-0.15, -0.1) is 5.10 Å². The molecule has 0 amide bonds. The molecule has 3 heterocycles. The zero-order valence-corrected chi connectivity index (χ0v) is 18.1. The predicted molar refractivity (Wildman–Crippen MR) is 123 cm³/mol. The number of hydrogen-bond acceptors (Lipinski definition) is 7. The van der Waals surface area contributed by atoms with Crippen LogP contribution in [0.4, 0.5) is 11.6 Å². The van der Waals surface area contributed by atoms with Crippen LogP contribution in [0.5, 0.6) is 17.2 Å². The number of aromatic nitrogens is 3. The summed E-state index contributed by atoms with van der Waals surface area (Å²) in [6.07, 6.45) is 0. The summed E-state index contributed by atoms with van der Waals surface area (Å²) in [5, 5.41) is 11.1. The molecule has 0 radical (unpaired) electrons. The highest BCUT2D eigenvalue weighted by atomic mass is 16.6. The van der Waals surface area contributed by atoms with E-state index in [0.29, 0.717) is 25.8 Å². The van der Waals surface area contributed by atoms with Crippen molar-refractivity contribution in [3.8, 4) is 28.5 Å². The molecule has 164 valence electrons. The number of rotatable bonds is 7. The minimum absolute atomic E-state index is 0.526. The monoisotopic (exact) mass is 431 g/mol. The summed E-state index contributed by atoms with van der Waals surface area (Å²) in [4.78, 5) is 4.64. The lowest BCUT2D eigenvalue weighted by atomic mass is 10.1. The van der Waals surface area contributed by atoms with Crippen molar-refractivity contribution in [3.05, 3.63) is 60.2 Å². The fourth-order valence-electron chi connectivity index (χ4n) is 3.66. The summed E-state index contributed by atoms with van der Waals surface area (Å²) in [5.74, 6) is 2.91. The van der Waals surface area contributed by atoms with Crippen molar-refractivity contribution in [2.75, 3.05) is 38.7 Å². The number of fused-ring (bicyclic) bond motifs is 2. The number of pyridine rings is 1. The van der Waals surface area contributed by atoms with E-state index in [1.54, 1.807) is 0 Å². The number of benzene rings is 2. The van der Waals surface area contributed by atoms with Gasteiger partial charge in [-0.3, -0.25) is 0 Å². The van der Waals surface area contributed by atoms with Crippen LogP contribution in [0.15, 0.2) is 54.6 Å². The van der Waals surface area contributed by atoms with Crippen LogP contribution in [0.3, 0.4) is 0 Å². The van der Waals surface area contributed by atoms with Gasteiger partial charge in [-0.25, -0.2) is 4.52 Å². The van der Waals surface area contributed by atoms with Gasteiger partial charge >= 0.3 is 0 Å². The molecule has 8 nitrogen and oxygen atoms in total. The van der Waals surface area contributed by atoms with Gasteiger partial charge in [0.25, 0.3) is 0 Å². The molecule has 0 unspecified atom stereocenters. The lowest BCUT2D eigenvalue weighted by molar-refractivity contribution is 0.171. The molecule has 1 aliphatic heterocycles. The van der Waals surface area contributed by atoms with Crippen LogP contribution in [0.25, 0.3) is 16.9 Å². The van der Waals surface area contributed by atoms with E-state index in [1.165, 1.54) is 0 Å². The number of hydrogen-bond donors (Lipinski definition) is 2. The van der Waals surface area contributed by atoms with E-state index in [1.807, 2.05) is 73.1 Å². The third-order valence-corrected chi connectivity index (χ3v) is 5.24. The van der Waals surface area contributed by atoms with E-state index in [4.69, 9.17) is 19.3 Å². The molecule has 2 aromatic heterocycles. The Labute approximate surface area is 186 Å². The highest BCUT2D eigenvalue weighted by Gasteiger charge is 2.15. The fraction of sp³-hybridized carbons (Fsp3) is 0.250. The van der Waals surface area contributed by atoms with Crippen molar-refractivity contribution in [1.82, 2.24) is 19.9 Å². The quantitative estimate of drug-likeness (QED) is 0.431. The molecule has 8 heteroatoms. The Kier molecular flexibility index (Phi) is 5.51. The highest BCUT2D eigenvalue weighted by Crippen LogP contribution is 2.34. The SMILES string of the molecule is CNCCOc1ccc(Nc2nc3cccc(-c4ccc5c(c4)OCCO5)n3n2)cc1C. The molecular formula is C24H25N5O3. The van der Waals surface area contributed by atoms with Gasteiger partial charge in [0, 0.05) is 17.8 Å². The Bertz CT molecular complexity index is 1250. The molecule has 0 fully saturated rings. The second-order valence-electron chi connectivity index (χ2n) is 7.53. The minimum atomic E-state index is 0.526. The largest absolute Gasteiger partial charge is 0.492 e. The molecule has 0 saturated heterocycles. The number of nitrogens with zero attached hydrogens (tertiary/aromatic N) is 3. The zero-order chi connectivity index (χ0) is 21.9. The maximum absolute atomic E-state index is 5.79. The van der Waals surface area contributed by atoms with E-state index >= 15 is 0 Å². The van der Waals surface area contributed by atoms with Crippen molar-refractivity contribution in [2.45, 2.75) is 6.92 Å². The van der Waals surface area contributed by atoms with Crippen LogP contribution in [0, 0.1) is 6.92 Å². The lowest BCUT2D eigenvalue weighted by Crippen LogP contribution is -2.16. The average Bonchev–Trinajstić information content (AvgIpc) is 3.23. The van der Waals surface area contributed by atoms with Gasteiger partial charge in [0.15, 0.2) is 17.1 Å². The lowest BCUT2D eigenvalue weighted by Gasteiger charge is -2.19. The van der Waals surface area contributed by atoms with E-state index in [-0.39, 0.29) is 0 Å². The van der Waals surface area contributed by atoms with E-state index in [9.17, 15) is 0 Å². The summed E-state index contributed by atoms with van der Waals surface area (Å²) in [5.41, 5.74) is 4.61. The fourth-order valence-corrected chi connectivity index (χ4v) is 3.66. The summed E-state index contributed by atoms with van der Waals surface area (Å²) in [6.45, 7) is 4.58. The van der Waals surface area contributed by atoms with Crippen LogP contribution in [0.2, 0.25) is 0 Å². The first kappa shape index (κ1) is 20.1. The molecule has 4 aromatic rings. The van der Waals surface area contributed by atoms with Crippen LogP contribution in [-0.2, 0) is 0 Å². The van der Waals surface area contributed by atoms with Crippen molar-refractivity contribution in [1.29, 1.82) is 0 Å². The molecule has 2 aromatic carbocycles. The third-order valence-electron chi connectivity index (χ3n) is 5.24. The summed E-state index contributed by atoms with van der Waals surface area (Å²) >= 11 is 0. The molecule has 0 aliphatic carbocycles. The smallest absolute Gasteiger partial charge is 0.247 e. The van der Waals surface area contributed by atoms with Crippen molar-refractivity contribution in [3.63, 3.8) is 0 Å². The normalized spacial score (nSPS) is 12.7. The van der Waals surface area contributed by atoms with E-state index in [2.05, 4.69) is 15.6 Å². The van der Waals surface area contributed by atoms with Gasteiger partial charge in [-0.1, -0.05) is 6.07 Å². The first-order chi connectivity index (χ1) is 15.7. The van der Waals surface area contributed by atoms with Crippen molar-refractivity contribution in [2.24, 2.45) is 0 Å². The van der Waals surface area contributed by atoms with Crippen molar-refractivity contribution >= 4 is 17.3 Å². The first-order valence-electron chi connectivity index (χ1n) is 10.6. The molecule has 2 N–H and O–H groups in total. The molecule has 5 rings (SSSR count). The minimum Gasteiger partial charge on any atom is -0.492 e. The molecule has 1 aliphatic rings. The second-order valence-corrected chi connectivity index (χ2v) is 7.53. The van der Waals surface area contributed by atoms with Crippen LogP contribution < -0.4 is 24.8 Å². The van der Waals surface area contributed by atoms with Crippen molar-refractivity contribution < 1.29 is 14.2 Å². The van der Waals surface area contributed by atoms with Gasteiger partial charge in [-0.05, 0) is 68.1 Å². The Balaban J connectivity index is 1.41. The predicted octanol–water partition coefficient (Wildman–Crippen LogP) is 3.82. The summed E-state index contributed by atoms with van der Waals surface area (Å²) in [7, 11) is 1.91. The van der Waals surface area contributed by atoms with Gasteiger partial charge in [0.2, 0.25) is 5.95 Å². The number of nitrogens with one attached hydrogen (secondary N) is 2. The Hall–Kier alpha value is -3.78.